The van der Waals surface area contributed by atoms with Crippen molar-refractivity contribution in [2.75, 3.05) is 7.11 Å². The minimum absolute atomic E-state index is 0. The van der Waals surface area contributed by atoms with Gasteiger partial charge in [-0.2, -0.15) is 0 Å². The normalized spacial score (nSPS) is 16.2. The maximum atomic E-state index is 10.0. The number of aromatic hydroxyl groups is 1. The third kappa shape index (κ3) is 3.27. The summed E-state index contributed by atoms with van der Waals surface area (Å²) in [6, 6.07) is 3.46. The number of benzene rings is 1. The molecule has 2 rings (SSSR count). The first-order valence-electron chi connectivity index (χ1n) is 5.44. The van der Waals surface area contributed by atoms with Crippen molar-refractivity contribution in [2.24, 2.45) is 11.7 Å². The molecule has 1 aliphatic rings. The number of ether oxygens (including phenoxy) is 1. The Hall–Kier alpha value is -0.450. The quantitative estimate of drug-likeness (QED) is 0.893. The summed E-state index contributed by atoms with van der Waals surface area (Å²) in [5.41, 5.74) is 6.87. The molecule has 1 aromatic carbocycles. The number of halogens is 2. The van der Waals surface area contributed by atoms with Crippen LogP contribution in [0.2, 0.25) is 0 Å². The molecule has 1 aliphatic carbocycles. The number of hydrogen-bond donors (Lipinski definition) is 2. The van der Waals surface area contributed by atoms with Crippen molar-refractivity contribution in [3.8, 4) is 11.5 Å². The van der Waals surface area contributed by atoms with E-state index in [4.69, 9.17) is 10.5 Å². The van der Waals surface area contributed by atoms with Gasteiger partial charge in [0.1, 0.15) is 0 Å². The summed E-state index contributed by atoms with van der Waals surface area (Å²) in [6.45, 7) is 0. The van der Waals surface area contributed by atoms with Crippen LogP contribution >= 0.6 is 28.3 Å². The van der Waals surface area contributed by atoms with Crippen LogP contribution < -0.4 is 10.5 Å². The lowest BCUT2D eigenvalue weighted by atomic mass is 10.0. The van der Waals surface area contributed by atoms with Crippen LogP contribution in [0.3, 0.4) is 0 Å². The lowest BCUT2D eigenvalue weighted by Crippen LogP contribution is -2.12. The van der Waals surface area contributed by atoms with Gasteiger partial charge in [-0.05, 0) is 24.5 Å². The topological polar surface area (TPSA) is 55.5 Å². The van der Waals surface area contributed by atoms with Crippen LogP contribution in [0.5, 0.6) is 11.5 Å². The van der Waals surface area contributed by atoms with Crippen molar-refractivity contribution >= 4 is 28.3 Å². The van der Waals surface area contributed by atoms with Crippen LogP contribution in [0, 0.1) is 5.92 Å². The molecule has 1 aromatic rings. The smallest absolute Gasteiger partial charge is 0.163 e. The van der Waals surface area contributed by atoms with E-state index < -0.39 is 0 Å². The molecule has 0 amide bonds. The average molecular weight is 323 g/mol. The number of rotatable bonds is 4. The summed E-state index contributed by atoms with van der Waals surface area (Å²) in [6.07, 6.45) is 3.45. The maximum Gasteiger partial charge on any atom is 0.163 e. The molecular formula is C12H17BrClNO2. The zero-order chi connectivity index (χ0) is 11.7. The number of phenols is 1. The van der Waals surface area contributed by atoms with Crippen LogP contribution in [0.1, 0.15) is 30.9 Å². The molecule has 3 N–H and O–H groups in total. The van der Waals surface area contributed by atoms with Crippen molar-refractivity contribution in [3.05, 3.63) is 22.2 Å². The zero-order valence-electron chi connectivity index (χ0n) is 9.65. The van der Waals surface area contributed by atoms with Gasteiger partial charge in [0.05, 0.1) is 7.11 Å². The summed E-state index contributed by atoms with van der Waals surface area (Å²) in [5.74, 6) is 1.36. The highest BCUT2D eigenvalue weighted by molar-refractivity contribution is 9.10. The summed E-state index contributed by atoms with van der Waals surface area (Å²) in [5, 5.41) is 10.0. The van der Waals surface area contributed by atoms with Crippen molar-refractivity contribution in [1.82, 2.24) is 0 Å². The molecule has 1 fully saturated rings. The standard InChI is InChI=1S/C12H16BrNO2.ClH/c1-16-10-5-4-8(13)11(12(10)15)9(14)6-7-2-3-7;/h4-5,7,9,15H,2-3,6,14H2,1H3;1H/t9-;/m1./s1. The van der Waals surface area contributed by atoms with Gasteiger partial charge in [-0.3, -0.25) is 0 Å². The van der Waals surface area contributed by atoms with E-state index in [1.165, 1.54) is 12.8 Å². The number of hydrogen-bond acceptors (Lipinski definition) is 3. The fourth-order valence-corrected chi connectivity index (χ4v) is 2.53. The Labute approximate surface area is 116 Å². The second-order valence-corrected chi connectivity index (χ2v) is 5.15. The van der Waals surface area contributed by atoms with Gasteiger partial charge in [-0.25, -0.2) is 0 Å². The lowest BCUT2D eigenvalue weighted by molar-refractivity contribution is 0.367. The fourth-order valence-electron chi connectivity index (χ4n) is 1.91. The van der Waals surface area contributed by atoms with Gasteiger partial charge >= 0.3 is 0 Å². The molecule has 0 spiro atoms. The number of phenolic OH excluding ortho intramolecular Hbond substituents is 1. The predicted octanol–water partition coefficient (Wildman–Crippen LogP) is 3.39. The Morgan fingerprint density at radius 3 is 2.71 bits per heavy atom. The summed E-state index contributed by atoms with van der Waals surface area (Å²) < 4.78 is 5.93. The largest absolute Gasteiger partial charge is 0.504 e. The Kier molecular flexibility index (Phi) is 5.10. The van der Waals surface area contributed by atoms with Crippen LogP contribution in [-0.4, -0.2) is 12.2 Å². The highest BCUT2D eigenvalue weighted by atomic mass is 79.9. The lowest BCUT2D eigenvalue weighted by Gasteiger charge is -2.17. The SMILES string of the molecule is COc1ccc(Br)c([C@H](N)CC2CC2)c1O.Cl. The van der Waals surface area contributed by atoms with Gasteiger partial charge in [0.2, 0.25) is 0 Å². The predicted molar refractivity (Wildman–Crippen MR) is 73.9 cm³/mol. The molecule has 3 nitrogen and oxygen atoms in total. The van der Waals surface area contributed by atoms with Crippen LogP contribution in [0.4, 0.5) is 0 Å². The summed E-state index contributed by atoms with van der Waals surface area (Å²) in [7, 11) is 1.54. The highest BCUT2D eigenvalue weighted by Gasteiger charge is 2.27. The monoisotopic (exact) mass is 321 g/mol. The van der Waals surface area contributed by atoms with Crippen LogP contribution in [-0.2, 0) is 0 Å². The van der Waals surface area contributed by atoms with E-state index in [1.54, 1.807) is 13.2 Å². The Morgan fingerprint density at radius 2 is 2.18 bits per heavy atom. The Balaban J connectivity index is 0.00000144. The molecule has 96 valence electrons. The molecule has 5 heteroatoms. The molecule has 1 saturated carbocycles. The molecule has 0 heterocycles. The molecule has 0 bridgehead atoms. The minimum Gasteiger partial charge on any atom is -0.504 e. The molecule has 0 saturated heterocycles. The van der Waals surface area contributed by atoms with Gasteiger partial charge in [0, 0.05) is 16.1 Å². The first-order valence-corrected chi connectivity index (χ1v) is 6.23. The van der Waals surface area contributed by atoms with E-state index in [2.05, 4.69) is 15.9 Å². The summed E-state index contributed by atoms with van der Waals surface area (Å²) >= 11 is 3.43. The van der Waals surface area contributed by atoms with Gasteiger partial charge < -0.3 is 15.6 Å². The van der Waals surface area contributed by atoms with E-state index in [1.807, 2.05) is 6.07 Å². The molecule has 0 aromatic heterocycles. The average Bonchev–Trinajstić information content (AvgIpc) is 3.02. The van der Waals surface area contributed by atoms with Crippen molar-refractivity contribution in [1.29, 1.82) is 0 Å². The molecule has 1 atom stereocenters. The van der Waals surface area contributed by atoms with Gasteiger partial charge in [0.15, 0.2) is 11.5 Å². The fraction of sp³-hybridized carbons (Fsp3) is 0.500. The van der Waals surface area contributed by atoms with E-state index in [0.717, 1.165) is 22.4 Å². The van der Waals surface area contributed by atoms with Crippen LogP contribution in [0.25, 0.3) is 0 Å². The second kappa shape index (κ2) is 5.94. The van der Waals surface area contributed by atoms with Gasteiger partial charge in [-0.1, -0.05) is 28.8 Å². The van der Waals surface area contributed by atoms with E-state index in [0.29, 0.717) is 5.75 Å². The second-order valence-electron chi connectivity index (χ2n) is 4.30. The molecule has 0 aliphatic heterocycles. The third-order valence-electron chi connectivity index (χ3n) is 3.00. The maximum absolute atomic E-state index is 10.0. The minimum atomic E-state index is -0.128. The molecule has 0 unspecified atom stereocenters. The first-order chi connectivity index (χ1) is 7.63. The van der Waals surface area contributed by atoms with Gasteiger partial charge in [0.25, 0.3) is 0 Å². The highest BCUT2D eigenvalue weighted by Crippen LogP contribution is 2.43. The van der Waals surface area contributed by atoms with Crippen molar-refractivity contribution < 1.29 is 9.84 Å². The molecule has 17 heavy (non-hydrogen) atoms. The first kappa shape index (κ1) is 14.6. The molecule has 0 radical (unpaired) electrons. The van der Waals surface area contributed by atoms with Crippen molar-refractivity contribution in [3.63, 3.8) is 0 Å². The van der Waals surface area contributed by atoms with Crippen molar-refractivity contribution in [2.45, 2.75) is 25.3 Å². The number of nitrogens with two attached hydrogens (primary N) is 1. The van der Waals surface area contributed by atoms with Gasteiger partial charge in [-0.15, -0.1) is 12.4 Å². The van der Waals surface area contributed by atoms with Crippen LogP contribution in [0.15, 0.2) is 16.6 Å². The van der Waals surface area contributed by atoms with E-state index >= 15 is 0 Å². The summed E-state index contributed by atoms with van der Waals surface area (Å²) in [4.78, 5) is 0. The van der Waals surface area contributed by atoms with E-state index in [-0.39, 0.29) is 24.2 Å². The molecular weight excluding hydrogens is 305 g/mol. The Morgan fingerprint density at radius 1 is 1.53 bits per heavy atom. The third-order valence-corrected chi connectivity index (χ3v) is 3.69. The Bertz CT molecular complexity index is 396. The number of methoxy groups -OCH3 is 1. The van der Waals surface area contributed by atoms with E-state index in [9.17, 15) is 5.11 Å². The zero-order valence-corrected chi connectivity index (χ0v) is 12.1.